The first-order chi connectivity index (χ1) is 9.47. The first kappa shape index (κ1) is 14.1. The lowest BCUT2D eigenvalue weighted by atomic mass is 10.1. The van der Waals surface area contributed by atoms with Crippen LogP contribution in [0.25, 0.3) is 5.69 Å². The Morgan fingerprint density at radius 1 is 1.35 bits per heavy atom. The molecule has 3 nitrogen and oxygen atoms in total. The molecule has 0 amide bonds. The molecule has 2 rings (SSSR count). The number of halogens is 3. The molecular formula is C14H12F3N3. The molecular weight excluding hydrogens is 267 g/mol. The van der Waals surface area contributed by atoms with Gasteiger partial charge >= 0.3 is 6.18 Å². The third-order valence-electron chi connectivity index (χ3n) is 2.90. The van der Waals surface area contributed by atoms with E-state index < -0.39 is 11.7 Å². The molecule has 6 heteroatoms. The lowest BCUT2D eigenvalue weighted by Gasteiger charge is -2.12. The molecule has 0 saturated heterocycles. The molecule has 0 aliphatic heterocycles. The average molecular weight is 279 g/mol. The van der Waals surface area contributed by atoms with Crippen LogP contribution in [0.1, 0.15) is 30.3 Å². The van der Waals surface area contributed by atoms with Crippen molar-refractivity contribution in [2.24, 2.45) is 0 Å². The van der Waals surface area contributed by atoms with E-state index in [0.29, 0.717) is 17.9 Å². The predicted molar refractivity (Wildman–Crippen MR) is 67.3 cm³/mol. The molecule has 0 bridgehead atoms. The van der Waals surface area contributed by atoms with Crippen LogP contribution in [0, 0.1) is 11.3 Å². The van der Waals surface area contributed by atoms with Gasteiger partial charge in [0.15, 0.2) is 0 Å². The zero-order valence-corrected chi connectivity index (χ0v) is 10.8. The molecule has 0 fully saturated rings. The van der Waals surface area contributed by atoms with Gasteiger partial charge in [0.2, 0.25) is 0 Å². The molecule has 1 aromatic heterocycles. The highest BCUT2D eigenvalue weighted by Gasteiger charge is 2.34. The van der Waals surface area contributed by atoms with E-state index in [9.17, 15) is 13.2 Å². The summed E-state index contributed by atoms with van der Waals surface area (Å²) in [7, 11) is 0. The van der Waals surface area contributed by atoms with Crippen molar-refractivity contribution in [2.45, 2.75) is 25.9 Å². The van der Waals surface area contributed by atoms with Gasteiger partial charge in [-0.15, -0.1) is 0 Å². The van der Waals surface area contributed by atoms with E-state index in [-0.39, 0.29) is 5.56 Å². The van der Waals surface area contributed by atoms with E-state index in [1.54, 1.807) is 23.0 Å². The van der Waals surface area contributed by atoms with Crippen LogP contribution in [0.4, 0.5) is 13.2 Å². The number of hydrogen-bond acceptors (Lipinski definition) is 2. The van der Waals surface area contributed by atoms with Crippen LogP contribution < -0.4 is 0 Å². The van der Waals surface area contributed by atoms with Crippen LogP contribution in [-0.2, 0) is 12.6 Å². The first-order valence-electron chi connectivity index (χ1n) is 6.11. The largest absolute Gasteiger partial charge is 0.417 e. The van der Waals surface area contributed by atoms with Crippen molar-refractivity contribution < 1.29 is 13.2 Å². The van der Waals surface area contributed by atoms with Crippen molar-refractivity contribution >= 4 is 0 Å². The van der Waals surface area contributed by atoms with Crippen molar-refractivity contribution in [3.63, 3.8) is 0 Å². The molecule has 0 unspecified atom stereocenters. The molecule has 1 heterocycles. The molecule has 1 aromatic carbocycles. The van der Waals surface area contributed by atoms with E-state index in [4.69, 9.17) is 5.26 Å². The molecule has 20 heavy (non-hydrogen) atoms. The van der Waals surface area contributed by atoms with E-state index in [1.807, 2.05) is 6.92 Å². The van der Waals surface area contributed by atoms with Gasteiger partial charge in [0.1, 0.15) is 5.82 Å². The van der Waals surface area contributed by atoms with Crippen LogP contribution in [0.5, 0.6) is 0 Å². The summed E-state index contributed by atoms with van der Waals surface area (Å²) in [6, 6.07) is 5.24. The number of rotatable bonds is 3. The van der Waals surface area contributed by atoms with Gasteiger partial charge in [-0.25, -0.2) is 4.98 Å². The second-order valence-electron chi connectivity index (χ2n) is 4.30. The second kappa shape index (κ2) is 5.37. The molecule has 0 aliphatic carbocycles. The smallest absolute Gasteiger partial charge is 0.304 e. The van der Waals surface area contributed by atoms with Gasteiger partial charge < -0.3 is 4.57 Å². The first-order valence-corrected chi connectivity index (χ1v) is 6.11. The van der Waals surface area contributed by atoms with Gasteiger partial charge in [0, 0.05) is 24.5 Å². The Morgan fingerprint density at radius 2 is 2.10 bits per heavy atom. The Balaban J connectivity index is 2.54. The highest BCUT2D eigenvalue weighted by Crippen LogP contribution is 2.33. The summed E-state index contributed by atoms with van der Waals surface area (Å²) in [5.74, 6) is 0.699. The topological polar surface area (TPSA) is 41.6 Å². The van der Waals surface area contributed by atoms with Crippen molar-refractivity contribution in [1.82, 2.24) is 9.55 Å². The maximum Gasteiger partial charge on any atom is 0.417 e. The van der Waals surface area contributed by atoms with E-state index in [1.165, 1.54) is 12.1 Å². The zero-order chi connectivity index (χ0) is 14.8. The van der Waals surface area contributed by atoms with Crippen molar-refractivity contribution in [3.8, 4) is 11.8 Å². The van der Waals surface area contributed by atoms with Crippen LogP contribution in [-0.4, -0.2) is 9.55 Å². The minimum atomic E-state index is -4.55. The van der Waals surface area contributed by atoms with Crippen LogP contribution in [0.3, 0.4) is 0 Å². The second-order valence-corrected chi connectivity index (χ2v) is 4.30. The van der Waals surface area contributed by atoms with Gasteiger partial charge in [-0.2, -0.15) is 18.4 Å². The molecule has 0 radical (unpaired) electrons. The number of aryl methyl sites for hydroxylation is 1. The monoisotopic (exact) mass is 279 g/mol. The Kier molecular flexibility index (Phi) is 3.79. The third-order valence-corrected chi connectivity index (χ3v) is 2.90. The van der Waals surface area contributed by atoms with Crippen molar-refractivity contribution in [2.75, 3.05) is 0 Å². The number of alkyl halides is 3. The summed E-state index contributed by atoms with van der Waals surface area (Å²) in [6.45, 7) is 1.97. The van der Waals surface area contributed by atoms with Crippen molar-refractivity contribution in [1.29, 1.82) is 5.26 Å². The van der Waals surface area contributed by atoms with Gasteiger partial charge in [-0.05, 0) is 24.6 Å². The summed E-state index contributed by atoms with van der Waals surface area (Å²) < 4.78 is 40.4. The zero-order valence-electron chi connectivity index (χ0n) is 10.8. The van der Waals surface area contributed by atoms with Gasteiger partial charge in [-0.3, -0.25) is 0 Å². The Hall–Kier alpha value is -2.29. The highest BCUT2D eigenvalue weighted by molar-refractivity contribution is 5.47. The standard InChI is InChI=1S/C14H12F3N3/c1-2-3-13-19-6-7-20(13)11-5-4-10(9-18)12(8-11)14(15,16)17/h4-8H,2-3H2,1H3. The summed E-state index contributed by atoms with van der Waals surface area (Å²) in [4.78, 5) is 4.13. The number of aromatic nitrogens is 2. The minimum absolute atomic E-state index is 0.359. The maximum absolute atomic E-state index is 12.9. The fourth-order valence-corrected chi connectivity index (χ4v) is 1.99. The number of benzene rings is 1. The van der Waals surface area contributed by atoms with Gasteiger partial charge in [0.25, 0.3) is 0 Å². The van der Waals surface area contributed by atoms with Crippen LogP contribution >= 0.6 is 0 Å². The number of hydrogen-bond donors (Lipinski definition) is 0. The molecule has 0 N–H and O–H groups in total. The van der Waals surface area contributed by atoms with Gasteiger partial charge in [0.05, 0.1) is 17.2 Å². The van der Waals surface area contributed by atoms with Crippen LogP contribution in [0.15, 0.2) is 30.6 Å². The molecule has 2 aromatic rings. The van der Waals surface area contributed by atoms with E-state index >= 15 is 0 Å². The normalized spacial score (nSPS) is 11.3. The quantitative estimate of drug-likeness (QED) is 0.859. The SMILES string of the molecule is CCCc1nccn1-c1ccc(C#N)c(C(F)(F)F)c1. The lowest BCUT2D eigenvalue weighted by molar-refractivity contribution is -0.137. The highest BCUT2D eigenvalue weighted by atomic mass is 19.4. The lowest BCUT2D eigenvalue weighted by Crippen LogP contribution is -2.10. The predicted octanol–water partition coefficient (Wildman–Crippen LogP) is 3.72. The Labute approximate surface area is 114 Å². The van der Waals surface area contributed by atoms with E-state index in [2.05, 4.69) is 4.98 Å². The Bertz CT molecular complexity index is 650. The fraction of sp³-hybridized carbons (Fsp3) is 0.286. The number of nitriles is 1. The van der Waals surface area contributed by atoms with Crippen LogP contribution in [0.2, 0.25) is 0 Å². The molecule has 0 spiro atoms. The summed E-state index contributed by atoms with van der Waals surface area (Å²) in [6.07, 6.45) is 0.142. The van der Waals surface area contributed by atoms with Crippen molar-refractivity contribution in [3.05, 3.63) is 47.5 Å². The Morgan fingerprint density at radius 3 is 2.70 bits per heavy atom. The molecule has 0 aliphatic rings. The minimum Gasteiger partial charge on any atom is -0.304 e. The van der Waals surface area contributed by atoms with E-state index in [0.717, 1.165) is 12.5 Å². The number of nitrogens with zero attached hydrogens (tertiary/aromatic N) is 3. The molecule has 0 atom stereocenters. The number of imidazole rings is 1. The summed E-state index contributed by atoms with van der Waals surface area (Å²) in [5.41, 5.74) is -0.940. The fourth-order valence-electron chi connectivity index (χ4n) is 1.99. The average Bonchev–Trinajstić information content (AvgIpc) is 2.85. The molecule has 0 saturated carbocycles. The summed E-state index contributed by atoms with van der Waals surface area (Å²) >= 11 is 0. The van der Waals surface area contributed by atoms with Gasteiger partial charge in [-0.1, -0.05) is 6.92 Å². The summed E-state index contributed by atoms with van der Waals surface area (Å²) in [5, 5.41) is 8.77. The molecule has 104 valence electrons. The third kappa shape index (κ3) is 2.67. The maximum atomic E-state index is 12.9.